The van der Waals surface area contributed by atoms with Crippen LogP contribution in [0, 0.1) is 19.8 Å². The Kier molecular flexibility index (Phi) is 6.51. The van der Waals surface area contributed by atoms with E-state index >= 15 is 0 Å². The summed E-state index contributed by atoms with van der Waals surface area (Å²) in [5, 5.41) is 9.82. The molecule has 3 atom stereocenters. The Morgan fingerprint density at radius 3 is 2.49 bits per heavy atom. The Morgan fingerprint density at radius 2 is 1.80 bits per heavy atom. The molecule has 9 nitrogen and oxygen atoms in total. The monoisotopic (exact) mass is 604 g/mol. The molecular formula is C36H36N4O5. The first kappa shape index (κ1) is 29.0. The van der Waals surface area contributed by atoms with Gasteiger partial charge in [-0.1, -0.05) is 26.5 Å². The third-order valence-corrected chi connectivity index (χ3v) is 10.4. The number of nitrogens with one attached hydrogen (secondary N) is 2. The van der Waals surface area contributed by atoms with Crippen LogP contribution >= 0.6 is 0 Å². The molecular weight excluding hydrogens is 568 g/mol. The van der Waals surface area contributed by atoms with E-state index in [4.69, 9.17) is 14.7 Å². The number of carboxylic acids is 1. The standard InChI is InChI=1S/C36H36N4O5/c1-7-20-16(4)24-12-27-21(8-2)17(5)25(38-27)14-29-23(9-3)36(15-19(36)10-30(41)42)34(40-29)22-11-31(43)45-35(44)32-18(6)26(39-33(22)32)13-28(20)37-24/h8,12-14,19,23,37-38H,2,7,9-11,15H2,1,3-6H3,(H,41,42)/t19?,23-,36?/m1/s1. The van der Waals surface area contributed by atoms with Crippen LogP contribution in [0.5, 0.6) is 0 Å². The van der Waals surface area contributed by atoms with Crippen molar-refractivity contribution in [1.29, 1.82) is 0 Å². The molecule has 1 fully saturated rings. The number of aryl methyl sites for hydroxylation is 3. The van der Waals surface area contributed by atoms with Crippen LogP contribution in [0.25, 0.3) is 39.3 Å². The minimum Gasteiger partial charge on any atom is -0.481 e. The molecule has 0 amide bonds. The maximum absolute atomic E-state index is 13.4. The van der Waals surface area contributed by atoms with Crippen molar-refractivity contribution in [3.8, 4) is 0 Å². The van der Waals surface area contributed by atoms with Crippen LogP contribution in [0.1, 0.15) is 96.5 Å². The Morgan fingerprint density at radius 1 is 1.07 bits per heavy atom. The topological polar surface area (TPSA) is 138 Å². The van der Waals surface area contributed by atoms with Gasteiger partial charge in [-0.15, -0.1) is 0 Å². The minimum atomic E-state index is -0.870. The largest absolute Gasteiger partial charge is 0.481 e. The third kappa shape index (κ3) is 4.16. The summed E-state index contributed by atoms with van der Waals surface area (Å²) < 4.78 is 5.29. The van der Waals surface area contributed by atoms with E-state index in [0.29, 0.717) is 34.6 Å². The van der Waals surface area contributed by atoms with Gasteiger partial charge in [0, 0.05) is 56.6 Å². The molecule has 7 rings (SSSR count). The van der Waals surface area contributed by atoms with Gasteiger partial charge in [-0.3, -0.25) is 14.6 Å². The van der Waals surface area contributed by atoms with E-state index in [2.05, 4.69) is 56.4 Å². The number of aromatic nitrogens is 4. The van der Waals surface area contributed by atoms with Crippen LogP contribution in [0.15, 0.2) is 24.8 Å². The fourth-order valence-corrected chi connectivity index (χ4v) is 8.12. The van der Waals surface area contributed by atoms with E-state index in [-0.39, 0.29) is 30.3 Å². The molecule has 0 radical (unpaired) electrons. The van der Waals surface area contributed by atoms with Gasteiger partial charge in [-0.25, -0.2) is 9.78 Å². The summed E-state index contributed by atoms with van der Waals surface area (Å²) in [7, 11) is 0. The summed E-state index contributed by atoms with van der Waals surface area (Å²) in [6, 6.07) is 6.12. The van der Waals surface area contributed by atoms with Crippen LogP contribution < -0.4 is 0 Å². The summed E-state index contributed by atoms with van der Waals surface area (Å²) in [4.78, 5) is 55.8. The normalized spacial score (nSPS) is 22.1. The van der Waals surface area contributed by atoms with Gasteiger partial charge in [-0.2, -0.15) is 0 Å². The molecule has 3 aromatic heterocycles. The Labute approximate surface area is 260 Å². The highest BCUT2D eigenvalue weighted by atomic mass is 16.6. The average Bonchev–Trinajstić information content (AvgIpc) is 3.17. The van der Waals surface area contributed by atoms with Crippen LogP contribution in [-0.4, -0.2) is 43.0 Å². The third-order valence-electron chi connectivity index (χ3n) is 10.4. The molecule has 3 aliphatic heterocycles. The van der Waals surface area contributed by atoms with Gasteiger partial charge in [0.25, 0.3) is 0 Å². The van der Waals surface area contributed by atoms with Gasteiger partial charge in [0.15, 0.2) is 0 Å². The zero-order valence-corrected chi connectivity index (χ0v) is 26.2. The van der Waals surface area contributed by atoms with Crippen molar-refractivity contribution in [2.45, 2.75) is 78.1 Å². The molecule has 0 aromatic carbocycles. The smallest absolute Gasteiger partial charge is 0.348 e. The number of aliphatic carboxylic acids is 1. The second-order valence-corrected chi connectivity index (χ2v) is 12.7. The lowest BCUT2D eigenvalue weighted by Crippen LogP contribution is -2.20. The molecule has 8 bridgehead atoms. The number of fused-ring (bicyclic) bond motifs is 9. The lowest BCUT2D eigenvalue weighted by molar-refractivity contribution is -0.154. The number of esters is 2. The van der Waals surface area contributed by atoms with E-state index in [9.17, 15) is 19.5 Å². The molecule has 3 aromatic rings. The number of nitrogens with zero attached hydrogens (tertiary/aromatic N) is 2. The van der Waals surface area contributed by atoms with E-state index in [1.165, 1.54) is 0 Å². The highest BCUT2D eigenvalue weighted by Gasteiger charge is 2.64. The molecule has 3 N–H and O–H groups in total. The Hall–Kier alpha value is -4.79. The number of H-pyrrole nitrogens is 2. The number of rotatable bonds is 5. The highest BCUT2D eigenvalue weighted by molar-refractivity contribution is 6.28. The molecule has 1 aliphatic carbocycles. The summed E-state index contributed by atoms with van der Waals surface area (Å²) >= 11 is 0. The van der Waals surface area contributed by atoms with Crippen molar-refractivity contribution in [1.82, 2.24) is 19.9 Å². The Balaban J connectivity index is 1.69. The van der Waals surface area contributed by atoms with Crippen LogP contribution in [0.4, 0.5) is 0 Å². The SMILES string of the molecule is C=Cc1c(C)c2cc3nc(c4c5nc(cc6[nH]c(cc1[nH]2)c(C)c6CC)C(C)=C5C(=O)OC(=O)C4)C1(CC1CC(=O)O)[C@@H]3CC. The summed E-state index contributed by atoms with van der Waals surface area (Å²) in [5.41, 5.74) is 11.3. The number of cyclic esters (lactones) is 2. The molecule has 45 heavy (non-hydrogen) atoms. The first-order chi connectivity index (χ1) is 21.5. The average molecular weight is 605 g/mol. The number of allylic oxidation sites excluding steroid dienone is 1. The number of ether oxygens (including phenoxy) is 1. The van der Waals surface area contributed by atoms with E-state index in [1.54, 1.807) is 0 Å². The second kappa shape index (κ2) is 10.1. The van der Waals surface area contributed by atoms with Crippen LogP contribution in [0.2, 0.25) is 0 Å². The van der Waals surface area contributed by atoms with Gasteiger partial charge in [0.1, 0.15) is 0 Å². The highest BCUT2D eigenvalue weighted by Crippen LogP contribution is 2.67. The van der Waals surface area contributed by atoms with Crippen molar-refractivity contribution < 1.29 is 24.2 Å². The maximum Gasteiger partial charge on any atom is 0.348 e. The van der Waals surface area contributed by atoms with Crippen LogP contribution in [-0.2, 0) is 37.4 Å². The quantitative estimate of drug-likeness (QED) is 0.220. The van der Waals surface area contributed by atoms with E-state index < -0.39 is 23.3 Å². The summed E-state index contributed by atoms with van der Waals surface area (Å²) in [6.07, 6.45) is 3.81. The second-order valence-electron chi connectivity index (χ2n) is 12.7. The van der Waals surface area contributed by atoms with Crippen molar-refractivity contribution >= 4 is 57.2 Å². The fraction of sp³-hybridized carbons (Fsp3) is 0.361. The first-order valence-electron chi connectivity index (χ1n) is 15.6. The number of carbonyl (C=O) groups excluding carboxylic acids is 2. The Bertz CT molecular complexity index is 2080. The predicted octanol–water partition coefficient (Wildman–Crippen LogP) is 6.62. The number of hydrogen-bond donors (Lipinski definition) is 3. The summed E-state index contributed by atoms with van der Waals surface area (Å²) in [5.74, 6) is -2.50. The van der Waals surface area contributed by atoms with Crippen molar-refractivity contribution in [2.24, 2.45) is 5.92 Å². The number of carboxylic acid groups (broad SMARTS) is 1. The lowest BCUT2D eigenvalue weighted by atomic mass is 9.79. The summed E-state index contributed by atoms with van der Waals surface area (Å²) in [6.45, 7) is 14.3. The zero-order valence-electron chi connectivity index (χ0n) is 26.2. The van der Waals surface area contributed by atoms with Gasteiger partial charge in [0.2, 0.25) is 0 Å². The molecule has 1 spiro atoms. The molecule has 4 aliphatic rings. The van der Waals surface area contributed by atoms with Crippen molar-refractivity contribution in [3.63, 3.8) is 0 Å². The first-order valence-corrected chi connectivity index (χ1v) is 15.6. The van der Waals surface area contributed by atoms with E-state index in [1.807, 2.05) is 19.1 Å². The predicted molar refractivity (Wildman–Crippen MR) is 172 cm³/mol. The van der Waals surface area contributed by atoms with Gasteiger partial charge in [0.05, 0.1) is 29.1 Å². The molecule has 2 unspecified atom stereocenters. The number of hydrogen-bond acceptors (Lipinski definition) is 6. The molecule has 230 valence electrons. The molecule has 6 heterocycles. The fourth-order valence-electron chi connectivity index (χ4n) is 8.12. The lowest BCUT2D eigenvalue weighted by Gasteiger charge is -2.21. The van der Waals surface area contributed by atoms with Crippen molar-refractivity contribution in [2.75, 3.05) is 0 Å². The van der Waals surface area contributed by atoms with Gasteiger partial charge >= 0.3 is 17.9 Å². The number of aromatic amines is 2. The molecule has 1 saturated carbocycles. The minimum absolute atomic E-state index is 0.00581. The zero-order chi connectivity index (χ0) is 31.9. The van der Waals surface area contributed by atoms with Gasteiger partial charge in [-0.05, 0) is 86.4 Å². The molecule has 9 heteroatoms. The van der Waals surface area contributed by atoms with E-state index in [0.717, 1.165) is 62.9 Å². The maximum atomic E-state index is 13.4. The molecule has 0 saturated heterocycles. The van der Waals surface area contributed by atoms with Crippen molar-refractivity contribution in [3.05, 3.63) is 75.4 Å². The number of carbonyl (C=O) groups is 3. The van der Waals surface area contributed by atoms with Gasteiger partial charge < -0.3 is 19.8 Å². The van der Waals surface area contributed by atoms with Crippen LogP contribution in [0.3, 0.4) is 0 Å².